The van der Waals surface area contributed by atoms with E-state index < -0.39 is 12.0 Å². The number of hydrogen-bond acceptors (Lipinski definition) is 6. The van der Waals surface area contributed by atoms with Gasteiger partial charge in [0.15, 0.2) is 0 Å². The van der Waals surface area contributed by atoms with Crippen LogP contribution < -0.4 is 5.32 Å². The number of halogens is 1. The van der Waals surface area contributed by atoms with E-state index in [0.717, 1.165) is 10.4 Å². The zero-order valence-electron chi connectivity index (χ0n) is 21.0. The first-order valence-electron chi connectivity index (χ1n) is 12.2. The van der Waals surface area contributed by atoms with Crippen molar-refractivity contribution in [1.29, 1.82) is 0 Å². The number of nitrogens with one attached hydrogen (secondary N) is 1. The summed E-state index contributed by atoms with van der Waals surface area (Å²) in [6.45, 7) is 10.1. The van der Waals surface area contributed by atoms with E-state index in [2.05, 4.69) is 16.8 Å². The van der Waals surface area contributed by atoms with Crippen LogP contribution >= 0.6 is 22.9 Å². The molecule has 1 N–H and O–H groups in total. The average Bonchev–Trinajstić information content (AvgIpc) is 3.41. The summed E-state index contributed by atoms with van der Waals surface area (Å²) in [4.78, 5) is 45.8. The Morgan fingerprint density at radius 1 is 1.24 bits per heavy atom. The van der Waals surface area contributed by atoms with Gasteiger partial charge >= 0.3 is 12.0 Å². The molecule has 3 amide bonds. The van der Waals surface area contributed by atoms with Crippen LogP contribution in [-0.2, 0) is 9.53 Å². The molecule has 2 aromatic rings. The standard InChI is InChI=1S/C27H31ClN4O4S/c1-4-12-32-21(17-30-13-14-31(18(3)16-30)25(33)22-7-6-15-37-22)23(26(34)36-5-2)24(29-27(32)35)19-8-10-20(28)11-9-19/h4,6-11,15,18,24H,1,5,12-14,16-17H2,2-3H3,(H,29,35). The zero-order chi connectivity index (χ0) is 26.5. The van der Waals surface area contributed by atoms with Gasteiger partial charge in [-0.2, -0.15) is 0 Å². The van der Waals surface area contributed by atoms with Crippen molar-refractivity contribution in [2.75, 3.05) is 39.3 Å². The van der Waals surface area contributed by atoms with E-state index in [1.165, 1.54) is 11.3 Å². The number of benzene rings is 1. The lowest BCUT2D eigenvalue weighted by atomic mass is 9.94. The topological polar surface area (TPSA) is 82.2 Å². The van der Waals surface area contributed by atoms with E-state index in [0.29, 0.717) is 42.5 Å². The van der Waals surface area contributed by atoms with Crippen LogP contribution in [0.1, 0.15) is 35.1 Å². The maximum atomic E-state index is 13.3. The molecule has 3 heterocycles. The van der Waals surface area contributed by atoms with E-state index >= 15 is 0 Å². The molecule has 0 radical (unpaired) electrons. The third kappa shape index (κ3) is 5.89. The summed E-state index contributed by atoms with van der Waals surface area (Å²) in [6, 6.07) is 9.73. The highest BCUT2D eigenvalue weighted by atomic mass is 35.5. The summed E-state index contributed by atoms with van der Waals surface area (Å²) in [7, 11) is 0. The molecule has 1 saturated heterocycles. The van der Waals surface area contributed by atoms with Gasteiger partial charge in [0.1, 0.15) is 0 Å². The molecule has 196 valence electrons. The van der Waals surface area contributed by atoms with Gasteiger partial charge in [-0.25, -0.2) is 9.59 Å². The smallest absolute Gasteiger partial charge is 0.338 e. The van der Waals surface area contributed by atoms with Crippen molar-refractivity contribution < 1.29 is 19.1 Å². The number of amides is 3. The summed E-state index contributed by atoms with van der Waals surface area (Å²) < 4.78 is 5.45. The van der Waals surface area contributed by atoms with E-state index in [-0.39, 0.29) is 31.1 Å². The van der Waals surface area contributed by atoms with Crippen molar-refractivity contribution in [2.24, 2.45) is 0 Å². The van der Waals surface area contributed by atoms with Crippen molar-refractivity contribution >= 4 is 40.8 Å². The first-order valence-corrected chi connectivity index (χ1v) is 13.5. The maximum Gasteiger partial charge on any atom is 0.338 e. The predicted octanol–water partition coefficient (Wildman–Crippen LogP) is 4.32. The molecule has 1 aromatic heterocycles. The summed E-state index contributed by atoms with van der Waals surface area (Å²) in [5.41, 5.74) is 1.69. The Kier molecular flexibility index (Phi) is 8.68. The van der Waals surface area contributed by atoms with Gasteiger partial charge in [0.25, 0.3) is 5.91 Å². The van der Waals surface area contributed by atoms with Crippen molar-refractivity contribution in [3.05, 3.63) is 81.2 Å². The largest absolute Gasteiger partial charge is 0.463 e. The van der Waals surface area contributed by atoms with Crippen molar-refractivity contribution in [3.63, 3.8) is 0 Å². The number of piperazine rings is 1. The average molecular weight is 543 g/mol. The molecule has 37 heavy (non-hydrogen) atoms. The Balaban J connectivity index is 1.66. The first kappa shape index (κ1) is 26.9. The molecule has 0 spiro atoms. The zero-order valence-corrected chi connectivity index (χ0v) is 22.6. The predicted molar refractivity (Wildman–Crippen MR) is 145 cm³/mol. The highest BCUT2D eigenvalue weighted by Crippen LogP contribution is 2.33. The minimum atomic E-state index is -0.681. The molecular weight excluding hydrogens is 512 g/mol. The molecule has 2 aliphatic heterocycles. The van der Waals surface area contributed by atoms with Gasteiger partial charge in [-0.15, -0.1) is 17.9 Å². The van der Waals surface area contributed by atoms with Gasteiger partial charge in [0.2, 0.25) is 0 Å². The Morgan fingerprint density at radius 2 is 2.00 bits per heavy atom. The minimum Gasteiger partial charge on any atom is -0.463 e. The molecule has 4 rings (SSSR count). The van der Waals surface area contributed by atoms with Crippen molar-refractivity contribution in [2.45, 2.75) is 25.9 Å². The molecule has 8 nitrogen and oxygen atoms in total. The number of carbonyl (C=O) groups is 3. The summed E-state index contributed by atoms with van der Waals surface area (Å²) in [5, 5.41) is 5.42. The fourth-order valence-electron chi connectivity index (χ4n) is 4.78. The van der Waals surface area contributed by atoms with E-state index in [1.807, 2.05) is 29.3 Å². The summed E-state index contributed by atoms with van der Waals surface area (Å²) in [6.07, 6.45) is 1.63. The maximum absolute atomic E-state index is 13.3. The van der Waals surface area contributed by atoms with Crippen LogP contribution in [0.5, 0.6) is 0 Å². The second kappa shape index (κ2) is 11.9. The molecule has 1 aromatic carbocycles. The monoisotopic (exact) mass is 542 g/mol. The highest BCUT2D eigenvalue weighted by molar-refractivity contribution is 7.12. The molecule has 0 aliphatic carbocycles. The fourth-order valence-corrected chi connectivity index (χ4v) is 5.59. The number of esters is 1. The van der Waals surface area contributed by atoms with Gasteiger partial charge in [-0.05, 0) is 43.0 Å². The molecule has 2 aliphatic rings. The van der Waals surface area contributed by atoms with E-state index in [4.69, 9.17) is 16.3 Å². The van der Waals surface area contributed by atoms with Gasteiger partial charge in [-0.1, -0.05) is 35.9 Å². The number of hydrogen-bond donors (Lipinski definition) is 1. The molecule has 2 atom stereocenters. The first-order chi connectivity index (χ1) is 17.8. The SMILES string of the molecule is C=CCN1C(=O)NC(c2ccc(Cl)cc2)C(C(=O)OCC)=C1CN1CCN(C(=O)c2cccs2)C(C)C1. The summed E-state index contributed by atoms with van der Waals surface area (Å²) in [5.74, 6) is -0.451. The molecule has 2 unspecified atom stereocenters. The number of thiophene rings is 1. The Morgan fingerprint density at radius 3 is 2.62 bits per heavy atom. The Hall–Kier alpha value is -3.14. The number of carbonyl (C=O) groups excluding carboxylic acids is 3. The number of ether oxygens (including phenoxy) is 1. The van der Waals surface area contributed by atoms with Crippen LogP contribution in [0, 0.1) is 0 Å². The molecule has 1 fully saturated rings. The van der Waals surface area contributed by atoms with Crippen LogP contribution in [0.4, 0.5) is 4.79 Å². The van der Waals surface area contributed by atoms with Gasteiger partial charge < -0.3 is 15.0 Å². The molecular formula is C27H31ClN4O4S. The molecule has 0 saturated carbocycles. The minimum absolute atomic E-state index is 0.0294. The lowest BCUT2D eigenvalue weighted by Crippen LogP contribution is -2.56. The molecule has 0 bridgehead atoms. The fraction of sp³-hybridized carbons (Fsp3) is 0.370. The summed E-state index contributed by atoms with van der Waals surface area (Å²) >= 11 is 7.52. The number of rotatable bonds is 8. The highest BCUT2D eigenvalue weighted by Gasteiger charge is 2.39. The van der Waals surface area contributed by atoms with Crippen molar-refractivity contribution in [3.8, 4) is 0 Å². The normalized spacial score (nSPS) is 20.6. The number of nitrogens with zero attached hydrogens (tertiary/aromatic N) is 3. The third-order valence-corrected chi connectivity index (χ3v) is 7.64. The van der Waals surface area contributed by atoms with Gasteiger partial charge in [0, 0.05) is 49.5 Å². The third-order valence-electron chi connectivity index (χ3n) is 6.53. The van der Waals surface area contributed by atoms with Gasteiger partial charge in [0.05, 0.1) is 23.1 Å². The van der Waals surface area contributed by atoms with E-state index in [1.54, 1.807) is 42.2 Å². The van der Waals surface area contributed by atoms with Crippen LogP contribution in [0.15, 0.2) is 65.7 Å². The lowest BCUT2D eigenvalue weighted by molar-refractivity contribution is -0.139. The second-order valence-electron chi connectivity index (χ2n) is 8.97. The Labute approximate surface area is 226 Å². The molecule has 10 heteroatoms. The second-order valence-corrected chi connectivity index (χ2v) is 10.4. The van der Waals surface area contributed by atoms with Crippen LogP contribution in [0.25, 0.3) is 0 Å². The lowest BCUT2D eigenvalue weighted by Gasteiger charge is -2.42. The van der Waals surface area contributed by atoms with E-state index in [9.17, 15) is 14.4 Å². The number of urea groups is 1. The van der Waals surface area contributed by atoms with Gasteiger partial charge in [-0.3, -0.25) is 14.6 Å². The quantitative estimate of drug-likeness (QED) is 0.397. The van der Waals surface area contributed by atoms with Crippen LogP contribution in [0.3, 0.4) is 0 Å². The van der Waals surface area contributed by atoms with Crippen molar-refractivity contribution in [1.82, 2.24) is 20.0 Å². The van der Waals surface area contributed by atoms with Crippen LogP contribution in [0.2, 0.25) is 5.02 Å². The Bertz CT molecular complexity index is 1180. The van der Waals surface area contributed by atoms with Crippen LogP contribution in [-0.4, -0.2) is 78.0 Å².